The van der Waals surface area contributed by atoms with Crippen molar-refractivity contribution >= 4 is 17.8 Å². The molecule has 1 aliphatic rings. The van der Waals surface area contributed by atoms with Gasteiger partial charge in [-0.2, -0.15) is 0 Å². The molecule has 0 fully saturated rings. The molecule has 1 amide bonds. The van der Waals surface area contributed by atoms with Crippen LogP contribution in [0.4, 0.5) is 4.39 Å². The Hall–Kier alpha value is -2.75. The van der Waals surface area contributed by atoms with Gasteiger partial charge in [-0.05, 0) is 46.7 Å². The molecule has 0 saturated carbocycles. The van der Waals surface area contributed by atoms with Crippen molar-refractivity contribution in [2.24, 2.45) is 4.99 Å². The Kier molecular flexibility index (Phi) is 5.03. The number of carbonyl (C=O) groups excluding carboxylic acids is 1. The van der Waals surface area contributed by atoms with Gasteiger partial charge in [0.25, 0.3) is 5.91 Å². The van der Waals surface area contributed by atoms with Gasteiger partial charge < -0.3 is 5.32 Å². The second-order valence-electron chi connectivity index (χ2n) is 7.54. The first-order valence-corrected chi connectivity index (χ1v) is 8.77. The second kappa shape index (κ2) is 7.24. The highest BCUT2D eigenvalue weighted by Crippen LogP contribution is 2.23. The lowest BCUT2D eigenvalue weighted by Gasteiger charge is -2.18. The lowest BCUT2D eigenvalue weighted by molar-refractivity contribution is -0.115. The van der Waals surface area contributed by atoms with E-state index in [1.807, 2.05) is 18.2 Å². The maximum absolute atomic E-state index is 13.2. The van der Waals surface area contributed by atoms with Crippen molar-refractivity contribution < 1.29 is 9.18 Å². The molecule has 1 heterocycles. The van der Waals surface area contributed by atoms with Gasteiger partial charge in [0.2, 0.25) is 0 Å². The molecule has 0 bridgehead atoms. The van der Waals surface area contributed by atoms with E-state index < -0.39 is 0 Å². The number of benzene rings is 2. The van der Waals surface area contributed by atoms with Gasteiger partial charge in [0.15, 0.2) is 0 Å². The number of carbonyl (C=O) groups is 1. The number of nitrogens with zero attached hydrogens (tertiary/aromatic N) is 1. The second-order valence-corrected chi connectivity index (χ2v) is 7.54. The minimum Gasteiger partial charge on any atom is -0.309 e. The highest BCUT2D eigenvalue weighted by Gasteiger charge is 2.20. The molecule has 26 heavy (non-hydrogen) atoms. The van der Waals surface area contributed by atoms with Crippen LogP contribution in [0.2, 0.25) is 0 Å². The molecule has 0 radical (unpaired) electrons. The molecule has 0 aliphatic carbocycles. The lowest BCUT2D eigenvalue weighted by Crippen LogP contribution is -2.24. The van der Waals surface area contributed by atoms with Crippen molar-refractivity contribution in [3.8, 4) is 0 Å². The monoisotopic (exact) mass is 350 g/mol. The Morgan fingerprint density at radius 2 is 1.81 bits per heavy atom. The topological polar surface area (TPSA) is 41.5 Å². The van der Waals surface area contributed by atoms with Gasteiger partial charge in [-0.15, -0.1) is 0 Å². The quantitative estimate of drug-likeness (QED) is 0.803. The van der Waals surface area contributed by atoms with Crippen molar-refractivity contribution in [1.29, 1.82) is 0 Å². The van der Waals surface area contributed by atoms with E-state index in [1.165, 1.54) is 17.7 Å². The van der Waals surface area contributed by atoms with E-state index in [2.05, 4.69) is 43.2 Å². The number of hydrogen-bond donors (Lipinski definition) is 1. The first-order chi connectivity index (χ1) is 12.3. The van der Waals surface area contributed by atoms with Gasteiger partial charge in [-0.25, -0.2) is 9.38 Å². The molecule has 0 spiro atoms. The zero-order valence-electron chi connectivity index (χ0n) is 15.3. The lowest BCUT2D eigenvalue weighted by atomic mass is 9.87. The normalized spacial score (nSPS) is 15.9. The average molecular weight is 350 g/mol. The van der Waals surface area contributed by atoms with E-state index >= 15 is 0 Å². The zero-order chi connectivity index (χ0) is 18.7. The molecular weight excluding hydrogens is 327 g/mol. The Morgan fingerprint density at radius 1 is 1.08 bits per heavy atom. The van der Waals surface area contributed by atoms with E-state index in [0.717, 1.165) is 11.1 Å². The summed E-state index contributed by atoms with van der Waals surface area (Å²) in [6, 6.07) is 14.6. The fourth-order valence-corrected chi connectivity index (χ4v) is 2.83. The summed E-state index contributed by atoms with van der Waals surface area (Å²) in [6.45, 7) is 6.50. The summed E-state index contributed by atoms with van der Waals surface area (Å²) in [6.07, 6.45) is 2.98. The highest BCUT2D eigenvalue weighted by molar-refractivity contribution is 6.14. The van der Waals surface area contributed by atoms with E-state index in [4.69, 9.17) is 0 Å². The number of aliphatic imine (C=N–C) groups is 1. The van der Waals surface area contributed by atoms with Crippen LogP contribution in [0.5, 0.6) is 0 Å². The SMILES string of the molecule is CC(C)(C)c1ccc(/C=C2/N=C(CCc3cccc(F)c3)NC2=O)cc1. The van der Waals surface area contributed by atoms with Crippen LogP contribution >= 0.6 is 0 Å². The summed E-state index contributed by atoms with van der Waals surface area (Å²) in [5.41, 5.74) is 3.58. The van der Waals surface area contributed by atoms with Crippen LogP contribution in [-0.4, -0.2) is 11.7 Å². The van der Waals surface area contributed by atoms with Crippen molar-refractivity contribution in [2.45, 2.75) is 39.0 Å². The third-order valence-electron chi connectivity index (χ3n) is 4.37. The predicted molar refractivity (Wildman–Crippen MR) is 103 cm³/mol. The molecule has 2 aromatic carbocycles. The van der Waals surface area contributed by atoms with E-state index in [0.29, 0.717) is 24.4 Å². The first-order valence-electron chi connectivity index (χ1n) is 8.77. The highest BCUT2D eigenvalue weighted by atomic mass is 19.1. The molecule has 3 nitrogen and oxygen atoms in total. The first kappa shape index (κ1) is 18.1. The standard InChI is InChI=1S/C22H23FN2O/c1-22(2,3)17-10-7-16(8-11-17)14-19-21(26)25-20(24-19)12-9-15-5-4-6-18(23)13-15/h4-8,10-11,13-14H,9,12H2,1-3H3,(H,24,25,26)/b19-14+. The summed E-state index contributed by atoms with van der Waals surface area (Å²) in [5.74, 6) is 0.176. The third-order valence-corrected chi connectivity index (χ3v) is 4.37. The van der Waals surface area contributed by atoms with Crippen LogP contribution < -0.4 is 5.32 Å². The smallest absolute Gasteiger partial charge is 0.275 e. The molecule has 3 rings (SSSR count). The number of rotatable bonds is 4. The van der Waals surface area contributed by atoms with Gasteiger partial charge in [-0.3, -0.25) is 4.79 Å². The van der Waals surface area contributed by atoms with Crippen LogP contribution in [0.3, 0.4) is 0 Å². The van der Waals surface area contributed by atoms with Crippen LogP contribution in [0.15, 0.2) is 59.2 Å². The Labute approximate surface area is 153 Å². The van der Waals surface area contributed by atoms with Gasteiger partial charge in [0.1, 0.15) is 17.3 Å². The van der Waals surface area contributed by atoms with Crippen LogP contribution in [0, 0.1) is 5.82 Å². The maximum atomic E-state index is 13.2. The molecule has 0 unspecified atom stereocenters. The summed E-state index contributed by atoms with van der Waals surface area (Å²) in [5, 5.41) is 2.79. The van der Waals surface area contributed by atoms with E-state index in [9.17, 15) is 9.18 Å². The largest absolute Gasteiger partial charge is 0.309 e. The van der Waals surface area contributed by atoms with Gasteiger partial charge in [0, 0.05) is 6.42 Å². The van der Waals surface area contributed by atoms with E-state index in [-0.39, 0.29) is 17.1 Å². The van der Waals surface area contributed by atoms with Crippen molar-refractivity contribution in [2.75, 3.05) is 0 Å². The number of halogens is 1. The van der Waals surface area contributed by atoms with Gasteiger partial charge >= 0.3 is 0 Å². The van der Waals surface area contributed by atoms with Crippen molar-refractivity contribution in [3.63, 3.8) is 0 Å². The summed E-state index contributed by atoms with van der Waals surface area (Å²) < 4.78 is 13.2. The molecule has 0 aromatic heterocycles. The molecule has 1 N–H and O–H groups in total. The number of amidine groups is 1. The minimum absolute atomic E-state index is 0.0959. The molecule has 4 heteroatoms. The molecule has 2 aromatic rings. The number of amides is 1. The zero-order valence-corrected chi connectivity index (χ0v) is 15.3. The third kappa shape index (κ3) is 4.45. The van der Waals surface area contributed by atoms with Crippen LogP contribution in [-0.2, 0) is 16.6 Å². The molecular formula is C22H23FN2O. The Bertz CT molecular complexity index is 874. The van der Waals surface area contributed by atoms with Crippen LogP contribution in [0.1, 0.15) is 43.9 Å². The average Bonchev–Trinajstić information content (AvgIpc) is 2.93. The fraction of sp³-hybridized carbons (Fsp3) is 0.273. The fourth-order valence-electron chi connectivity index (χ4n) is 2.83. The Morgan fingerprint density at radius 3 is 2.46 bits per heavy atom. The van der Waals surface area contributed by atoms with E-state index in [1.54, 1.807) is 12.1 Å². The van der Waals surface area contributed by atoms with Crippen molar-refractivity contribution in [1.82, 2.24) is 5.32 Å². The number of aryl methyl sites for hydroxylation is 1. The molecule has 0 saturated heterocycles. The summed E-state index contributed by atoms with van der Waals surface area (Å²) in [7, 11) is 0. The summed E-state index contributed by atoms with van der Waals surface area (Å²) in [4.78, 5) is 16.5. The maximum Gasteiger partial charge on any atom is 0.275 e. The molecule has 1 aliphatic heterocycles. The molecule has 0 atom stereocenters. The minimum atomic E-state index is -0.251. The number of nitrogens with one attached hydrogen (secondary N) is 1. The number of hydrogen-bond acceptors (Lipinski definition) is 2. The van der Waals surface area contributed by atoms with Crippen molar-refractivity contribution in [3.05, 3.63) is 76.7 Å². The molecule has 134 valence electrons. The van der Waals surface area contributed by atoms with Crippen LogP contribution in [0.25, 0.3) is 6.08 Å². The summed E-state index contributed by atoms with van der Waals surface area (Å²) >= 11 is 0. The van der Waals surface area contributed by atoms with Gasteiger partial charge in [0.05, 0.1) is 0 Å². The predicted octanol–water partition coefficient (Wildman–Crippen LogP) is 4.63. The Balaban J connectivity index is 1.70. The van der Waals surface area contributed by atoms with Gasteiger partial charge in [-0.1, -0.05) is 57.2 Å².